The number of ether oxygens (including phenoxy) is 3. The van der Waals surface area contributed by atoms with E-state index in [-0.39, 0.29) is 13.0 Å². The molecule has 6 N–H and O–H groups in total. The molecule has 11 nitrogen and oxygen atoms in total. The lowest BCUT2D eigenvalue weighted by atomic mass is 9.99. The number of esters is 1. The molecule has 1 fully saturated rings. The lowest BCUT2D eigenvalue weighted by Gasteiger charge is -2.41. The first-order valence-corrected chi connectivity index (χ1v) is 33.1. The second-order valence-corrected chi connectivity index (χ2v) is 22.9. The Morgan fingerprint density at radius 3 is 1.33 bits per heavy atom. The van der Waals surface area contributed by atoms with Crippen LogP contribution >= 0.6 is 0 Å². The van der Waals surface area contributed by atoms with Crippen LogP contribution in [0.2, 0.25) is 0 Å². The summed E-state index contributed by atoms with van der Waals surface area (Å²) < 4.78 is 17.6. The van der Waals surface area contributed by atoms with Crippen molar-refractivity contribution in [3.63, 3.8) is 0 Å². The van der Waals surface area contributed by atoms with Gasteiger partial charge in [-0.1, -0.05) is 281 Å². The summed E-state index contributed by atoms with van der Waals surface area (Å²) in [6.07, 6.45) is 59.7. The Kier molecular flexibility index (Phi) is 52.6. The molecule has 1 aliphatic heterocycles. The van der Waals surface area contributed by atoms with Crippen molar-refractivity contribution in [2.24, 2.45) is 0 Å². The van der Waals surface area contributed by atoms with Gasteiger partial charge < -0.3 is 45.1 Å². The number of hydrogen-bond donors (Lipinski definition) is 6. The van der Waals surface area contributed by atoms with E-state index in [4.69, 9.17) is 14.2 Å². The highest BCUT2D eigenvalue weighted by molar-refractivity contribution is 5.80. The van der Waals surface area contributed by atoms with Gasteiger partial charge >= 0.3 is 5.97 Å². The molecule has 79 heavy (non-hydrogen) atoms. The van der Waals surface area contributed by atoms with Crippen LogP contribution in [0.4, 0.5) is 0 Å². The standard InChI is InChI=1S/C68H123NO10/c1-4-7-10-13-16-19-22-25-26-27-28-29-30-31-32-33-34-35-36-38-41-44-47-50-53-56-63(73)79-66-65(75)64(74)62(57-70)78-68(66)77-58-59(60(71)54-51-48-45-42-40-37-23-20-17-14-11-8-5-2)69-67(76)61(72)55-52-49-46-43-39-24-21-18-15-12-9-6-3/h16,19,25-26,28-29,31-32,51,54,59-62,64-66,68,70-72,74-75H,4-15,17-18,20-24,27,30,33-50,52-53,55-58H2,1-3H3,(H,69,76)/b19-16-,26-25-,29-28-,32-31-,54-51+. The molecule has 0 aromatic heterocycles. The normalized spacial score (nSPS) is 19.2. The fraction of sp³-hybridized carbons (Fsp3) is 0.824. The topological polar surface area (TPSA) is 175 Å². The third kappa shape index (κ3) is 43.7. The molecule has 0 spiro atoms. The van der Waals surface area contributed by atoms with Crippen LogP contribution in [-0.2, 0) is 23.8 Å². The fourth-order valence-electron chi connectivity index (χ4n) is 10.2. The molecule has 460 valence electrons. The van der Waals surface area contributed by atoms with Crippen molar-refractivity contribution in [1.29, 1.82) is 0 Å². The highest BCUT2D eigenvalue weighted by Gasteiger charge is 2.47. The van der Waals surface area contributed by atoms with E-state index in [9.17, 15) is 35.1 Å². The Bertz CT molecular complexity index is 1510. The number of carbonyl (C=O) groups excluding carboxylic acids is 2. The molecule has 0 radical (unpaired) electrons. The number of allylic oxidation sites excluding steroid dienone is 9. The zero-order valence-corrected chi connectivity index (χ0v) is 51.0. The number of rotatable bonds is 56. The minimum absolute atomic E-state index is 0.116. The maximum atomic E-state index is 13.4. The molecule has 11 heteroatoms. The summed E-state index contributed by atoms with van der Waals surface area (Å²) in [7, 11) is 0. The van der Waals surface area contributed by atoms with Crippen LogP contribution in [0.15, 0.2) is 60.8 Å². The molecule has 0 aromatic rings. The van der Waals surface area contributed by atoms with Crippen molar-refractivity contribution in [2.75, 3.05) is 13.2 Å². The summed E-state index contributed by atoms with van der Waals surface area (Å²) in [5, 5.41) is 57.0. The smallest absolute Gasteiger partial charge is 0.306 e. The van der Waals surface area contributed by atoms with E-state index in [1.54, 1.807) is 6.08 Å². The maximum absolute atomic E-state index is 13.4. The first-order chi connectivity index (χ1) is 38.7. The molecule has 0 bridgehead atoms. The van der Waals surface area contributed by atoms with Gasteiger partial charge in [-0.25, -0.2) is 0 Å². The summed E-state index contributed by atoms with van der Waals surface area (Å²) in [4.78, 5) is 26.6. The molecular formula is C68H123NO10. The third-order valence-corrected chi connectivity index (χ3v) is 15.4. The Labute approximate surface area is 484 Å². The maximum Gasteiger partial charge on any atom is 0.306 e. The van der Waals surface area contributed by atoms with E-state index in [0.29, 0.717) is 19.3 Å². The average molecular weight is 1110 g/mol. The van der Waals surface area contributed by atoms with E-state index >= 15 is 0 Å². The second kappa shape index (κ2) is 55.9. The Balaban J connectivity index is 2.60. The van der Waals surface area contributed by atoms with E-state index in [0.717, 1.165) is 89.9 Å². The van der Waals surface area contributed by atoms with Gasteiger partial charge in [-0.3, -0.25) is 9.59 Å². The Hall–Kier alpha value is -2.64. The second-order valence-electron chi connectivity index (χ2n) is 22.9. The van der Waals surface area contributed by atoms with Crippen LogP contribution in [0.1, 0.15) is 297 Å². The minimum atomic E-state index is -1.62. The molecule has 1 heterocycles. The molecule has 8 unspecified atom stereocenters. The number of aliphatic hydroxyl groups is 5. The van der Waals surface area contributed by atoms with Crippen molar-refractivity contribution in [3.8, 4) is 0 Å². The van der Waals surface area contributed by atoms with E-state index < -0.39 is 67.4 Å². The van der Waals surface area contributed by atoms with Crippen LogP contribution in [0.25, 0.3) is 0 Å². The SMILES string of the molecule is CCCCC/C=C\C/C=C\C/C=C\C/C=C\CCCCCCCCCCCC(=O)OC1C(OCC(NC(=O)C(O)CCCCCCCCCCCCCC)C(O)/C=C/CCCCCCCCCCCCC)OC(CO)C(O)C1O. The summed E-state index contributed by atoms with van der Waals surface area (Å²) in [6, 6.07) is -1.02. The van der Waals surface area contributed by atoms with Gasteiger partial charge in [0.1, 0.15) is 24.4 Å². The van der Waals surface area contributed by atoms with Gasteiger partial charge in [0.15, 0.2) is 12.4 Å². The number of unbranched alkanes of at least 4 members (excludes halogenated alkanes) is 34. The highest BCUT2D eigenvalue weighted by Crippen LogP contribution is 2.26. The van der Waals surface area contributed by atoms with Crippen molar-refractivity contribution in [1.82, 2.24) is 5.32 Å². The van der Waals surface area contributed by atoms with E-state index in [2.05, 4.69) is 74.7 Å². The molecule has 0 saturated carbocycles. The monoisotopic (exact) mass is 1110 g/mol. The molecule has 1 amide bonds. The van der Waals surface area contributed by atoms with Gasteiger partial charge in [-0.05, 0) is 70.6 Å². The summed E-state index contributed by atoms with van der Waals surface area (Å²) in [5.41, 5.74) is 0. The number of aliphatic hydroxyl groups excluding tert-OH is 5. The predicted octanol–water partition coefficient (Wildman–Crippen LogP) is 16.2. The first kappa shape index (κ1) is 74.4. The predicted molar refractivity (Wildman–Crippen MR) is 329 cm³/mol. The van der Waals surface area contributed by atoms with Gasteiger partial charge in [0.25, 0.3) is 0 Å². The molecule has 1 rings (SSSR count). The van der Waals surface area contributed by atoms with Gasteiger partial charge in [0, 0.05) is 6.42 Å². The highest BCUT2D eigenvalue weighted by atomic mass is 16.7. The van der Waals surface area contributed by atoms with Crippen LogP contribution < -0.4 is 5.32 Å². The third-order valence-electron chi connectivity index (χ3n) is 15.4. The van der Waals surface area contributed by atoms with Gasteiger partial charge in [0.05, 0.1) is 25.4 Å². The van der Waals surface area contributed by atoms with Crippen molar-refractivity contribution in [3.05, 3.63) is 60.8 Å². The van der Waals surface area contributed by atoms with Crippen LogP contribution in [-0.4, -0.2) is 99.6 Å². The number of amides is 1. The Morgan fingerprint density at radius 2 is 0.873 bits per heavy atom. The zero-order chi connectivity index (χ0) is 57.5. The van der Waals surface area contributed by atoms with Gasteiger partial charge in [-0.15, -0.1) is 0 Å². The molecular weight excluding hydrogens is 991 g/mol. The van der Waals surface area contributed by atoms with Crippen molar-refractivity contribution >= 4 is 11.9 Å². The van der Waals surface area contributed by atoms with Crippen molar-refractivity contribution in [2.45, 2.75) is 346 Å². The molecule has 0 aliphatic carbocycles. The fourth-order valence-corrected chi connectivity index (χ4v) is 10.2. The van der Waals surface area contributed by atoms with Crippen LogP contribution in [0, 0.1) is 0 Å². The van der Waals surface area contributed by atoms with E-state index in [1.807, 2.05) is 6.08 Å². The molecule has 8 atom stereocenters. The minimum Gasteiger partial charge on any atom is -0.454 e. The van der Waals surface area contributed by atoms with Crippen molar-refractivity contribution < 1.29 is 49.3 Å². The number of nitrogens with one attached hydrogen (secondary N) is 1. The summed E-state index contributed by atoms with van der Waals surface area (Å²) >= 11 is 0. The van der Waals surface area contributed by atoms with E-state index in [1.165, 1.54) is 161 Å². The molecule has 0 aromatic carbocycles. The average Bonchev–Trinajstić information content (AvgIpc) is 3.48. The van der Waals surface area contributed by atoms with Crippen LogP contribution in [0.5, 0.6) is 0 Å². The zero-order valence-electron chi connectivity index (χ0n) is 51.0. The summed E-state index contributed by atoms with van der Waals surface area (Å²) in [6.45, 7) is 5.77. The lowest BCUT2D eigenvalue weighted by Crippen LogP contribution is -2.61. The summed E-state index contributed by atoms with van der Waals surface area (Å²) in [5.74, 6) is -1.19. The Morgan fingerprint density at radius 1 is 0.494 bits per heavy atom. The largest absolute Gasteiger partial charge is 0.454 e. The van der Waals surface area contributed by atoms with Crippen LogP contribution in [0.3, 0.4) is 0 Å². The number of hydrogen-bond acceptors (Lipinski definition) is 10. The number of carbonyl (C=O) groups is 2. The quantitative estimate of drug-likeness (QED) is 0.0195. The molecule has 1 aliphatic rings. The first-order valence-electron chi connectivity index (χ1n) is 33.1. The molecule has 1 saturated heterocycles. The van der Waals surface area contributed by atoms with Gasteiger partial charge in [0.2, 0.25) is 5.91 Å². The lowest BCUT2D eigenvalue weighted by molar-refractivity contribution is -0.305. The van der Waals surface area contributed by atoms with Gasteiger partial charge in [-0.2, -0.15) is 0 Å².